The molecule has 136 valence electrons. The fraction of sp³-hybridized carbons (Fsp3) is 0.350. The molecular weight excluding hydrogens is 350 g/mol. The maximum atomic E-state index is 12.7. The lowest BCUT2D eigenvalue weighted by molar-refractivity contribution is -0.136. The molecule has 5 nitrogen and oxygen atoms in total. The SMILES string of the molecule is CC(C)C(=O)N(Cc1cccc(Cl)c1)CC1CC(c2cccnc2)=NO1. The fourth-order valence-electron chi connectivity index (χ4n) is 2.93. The van der Waals surface area contributed by atoms with Crippen LogP contribution in [-0.2, 0) is 16.2 Å². The smallest absolute Gasteiger partial charge is 0.225 e. The zero-order valence-electron chi connectivity index (χ0n) is 14.9. The molecule has 3 rings (SSSR count). The van der Waals surface area contributed by atoms with Gasteiger partial charge < -0.3 is 9.74 Å². The summed E-state index contributed by atoms with van der Waals surface area (Å²) in [5, 5.41) is 4.85. The summed E-state index contributed by atoms with van der Waals surface area (Å²) in [6, 6.07) is 11.4. The number of amides is 1. The van der Waals surface area contributed by atoms with Crippen LogP contribution in [0.4, 0.5) is 0 Å². The Hall–Kier alpha value is -2.40. The molecule has 1 aliphatic rings. The van der Waals surface area contributed by atoms with Crippen molar-refractivity contribution < 1.29 is 9.63 Å². The molecular formula is C20H22ClN3O2. The average molecular weight is 372 g/mol. The first kappa shape index (κ1) is 18.4. The second-order valence-electron chi connectivity index (χ2n) is 6.71. The predicted molar refractivity (Wildman–Crippen MR) is 102 cm³/mol. The van der Waals surface area contributed by atoms with Crippen molar-refractivity contribution in [2.45, 2.75) is 32.9 Å². The quantitative estimate of drug-likeness (QED) is 0.773. The van der Waals surface area contributed by atoms with Crippen molar-refractivity contribution in [2.75, 3.05) is 6.54 Å². The number of oxime groups is 1. The first-order valence-corrected chi connectivity index (χ1v) is 9.07. The minimum Gasteiger partial charge on any atom is -0.390 e. The summed E-state index contributed by atoms with van der Waals surface area (Å²) in [6.45, 7) is 4.79. The number of pyridine rings is 1. The second-order valence-corrected chi connectivity index (χ2v) is 7.15. The number of hydrogen-bond donors (Lipinski definition) is 0. The monoisotopic (exact) mass is 371 g/mol. The van der Waals surface area contributed by atoms with Crippen LogP contribution in [0.15, 0.2) is 53.9 Å². The standard InChI is InChI=1S/C20H22ClN3O2/c1-14(2)20(25)24(12-15-5-3-7-17(21)9-15)13-18-10-19(23-26-18)16-6-4-8-22-11-16/h3-9,11,14,18H,10,12-13H2,1-2H3. The number of halogens is 1. The summed E-state index contributed by atoms with van der Waals surface area (Å²) in [4.78, 5) is 24.2. The molecule has 0 aliphatic carbocycles. The van der Waals surface area contributed by atoms with E-state index in [2.05, 4.69) is 10.1 Å². The van der Waals surface area contributed by atoms with Crippen LogP contribution in [0.25, 0.3) is 0 Å². The van der Waals surface area contributed by atoms with Crippen molar-refractivity contribution in [3.63, 3.8) is 0 Å². The minimum atomic E-state index is -0.160. The number of aromatic nitrogens is 1. The lowest BCUT2D eigenvalue weighted by atomic mass is 10.1. The number of nitrogens with zero attached hydrogens (tertiary/aromatic N) is 3. The molecule has 0 saturated heterocycles. The fourth-order valence-corrected chi connectivity index (χ4v) is 3.14. The molecule has 0 saturated carbocycles. The van der Waals surface area contributed by atoms with E-state index in [0.717, 1.165) is 16.8 Å². The van der Waals surface area contributed by atoms with Gasteiger partial charge in [0.05, 0.1) is 12.3 Å². The Balaban J connectivity index is 1.68. The summed E-state index contributed by atoms with van der Waals surface area (Å²) in [7, 11) is 0. The van der Waals surface area contributed by atoms with Gasteiger partial charge in [-0.1, -0.05) is 42.7 Å². The summed E-state index contributed by atoms with van der Waals surface area (Å²) < 4.78 is 0. The Morgan fingerprint density at radius 3 is 2.88 bits per heavy atom. The van der Waals surface area contributed by atoms with Gasteiger partial charge in [-0.15, -0.1) is 0 Å². The zero-order chi connectivity index (χ0) is 18.5. The van der Waals surface area contributed by atoms with Crippen molar-refractivity contribution >= 4 is 23.2 Å². The van der Waals surface area contributed by atoms with Crippen LogP contribution in [0.2, 0.25) is 5.02 Å². The highest BCUT2D eigenvalue weighted by atomic mass is 35.5. The molecule has 0 radical (unpaired) electrons. The highest BCUT2D eigenvalue weighted by Crippen LogP contribution is 2.20. The van der Waals surface area contributed by atoms with E-state index < -0.39 is 0 Å². The number of carbonyl (C=O) groups is 1. The molecule has 1 aromatic carbocycles. The Morgan fingerprint density at radius 1 is 1.35 bits per heavy atom. The van der Waals surface area contributed by atoms with Crippen LogP contribution in [0.3, 0.4) is 0 Å². The molecule has 1 aliphatic heterocycles. The molecule has 2 heterocycles. The van der Waals surface area contributed by atoms with Crippen LogP contribution in [0, 0.1) is 5.92 Å². The molecule has 6 heteroatoms. The maximum absolute atomic E-state index is 12.7. The lowest BCUT2D eigenvalue weighted by Gasteiger charge is -2.26. The van der Waals surface area contributed by atoms with Gasteiger partial charge in [-0.05, 0) is 29.8 Å². The molecule has 0 spiro atoms. The lowest BCUT2D eigenvalue weighted by Crippen LogP contribution is -2.39. The van der Waals surface area contributed by atoms with Crippen molar-refractivity contribution in [3.8, 4) is 0 Å². The van der Waals surface area contributed by atoms with Gasteiger partial charge in [-0.2, -0.15) is 0 Å². The van der Waals surface area contributed by atoms with Crippen LogP contribution in [-0.4, -0.2) is 34.2 Å². The number of hydrogen-bond acceptors (Lipinski definition) is 4. The average Bonchev–Trinajstić information content (AvgIpc) is 3.10. The molecule has 1 unspecified atom stereocenters. The Kier molecular flexibility index (Phi) is 5.89. The summed E-state index contributed by atoms with van der Waals surface area (Å²) in [6.07, 6.45) is 3.99. The number of carbonyl (C=O) groups excluding carboxylic acids is 1. The Morgan fingerprint density at radius 2 is 2.19 bits per heavy atom. The minimum absolute atomic E-state index is 0.0865. The molecule has 0 fully saturated rings. The van der Waals surface area contributed by atoms with Gasteiger partial charge >= 0.3 is 0 Å². The van der Waals surface area contributed by atoms with Crippen molar-refractivity contribution in [3.05, 3.63) is 64.9 Å². The van der Waals surface area contributed by atoms with E-state index in [1.165, 1.54) is 0 Å². The Bertz CT molecular complexity index is 793. The van der Waals surface area contributed by atoms with Gasteiger partial charge in [0, 0.05) is 41.9 Å². The topological polar surface area (TPSA) is 54.8 Å². The first-order valence-electron chi connectivity index (χ1n) is 8.69. The number of benzene rings is 1. The van der Waals surface area contributed by atoms with E-state index in [1.54, 1.807) is 12.4 Å². The Labute approximate surface area is 158 Å². The van der Waals surface area contributed by atoms with Crippen molar-refractivity contribution in [2.24, 2.45) is 11.1 Å². The van der Waals surface area contributed by atoms with E-state index in [4.69, 9.17) is 16.4 Å². The zero-order valence-corrected chi connectivity index (χ0v) is 15.7. The van der Waals surface area contributed by atoms with E-state index in [1.807, 2.05) is 55.1 Å². The third-order valence-corrected chi connectivity index (χ3v) is 4.45. The van der Waals surface area contributed by atoms with Crippen molar-refractivity contribution in [1.29, 1.82) is 0 Å². The molecule has 26 heavy (non-hydrogen) atoms. The number of rotatable bonds is 6. The van der Waals surface area contributed by atoms with Gasteiger partial charge in [0.1, 0.15) is 0 Å². The predicted octanol–water partition coefficient (Wildman–Crippen LogP) is 3.91. The summed E-state index contributed by atoms with van der Waals surface area (Å²) >= 11 is 6.08. The molecule has 1 aromatic heterocycles. The van der Waals surface area contributed by atoms with Gasteiger partial charge in [-0.25, -0.2) is 0 Å². The highest BCUT2D eigenvalue weighted by Gasteiger charge is 2.27. The van der Waals surface area contributed by atoms with Crippen LogP contribution >= 0.6 is 11.6 Å². The third kappa shape index (κ3) is 4.61. The van der Waals surface area contributed by atoms with Gasteiger partial charge in [0.25, 0.3) is 0 Å². The molecule has 0 N–H and O–H groups in total. The highest BCUT2D eigenvalue weighted by molar-refractivity contribution is 6.30. The van der Waals surface area contributed by atoms with Crippen LogP contribution in [0.5, 0.6) is 0 Å². The normalized spacial score (nSPS) is 16.3. The van der Waals surface area contributed by atoms with E-state index in [0.29, 0.717) is 24.5 Å². The van der Waals surface area contributed by atoms with E-state index >= 15 is 0 Å². The van der Waals surface area contributed by atoms with E-state index in [-0.39, 0.29) is 17.9 Å². The van der Waals surface area contributed by atoms with Crippen LogP contribution < -0.4 is 0 Å². The maximum Gasteiger partial charge on any atom is 0.225 e. The summed E-state index contributed by atoms with van der Waals surface area (Å²) in [5.74, 6) is -0.00213. The molecule has 1 atom stereocenters. The third-order valence-electron chi connectivity index (χ3n) is 4.22. The molecule has 2 aromatic rings. The molecule has 0 bridgehead atoms. The second kappa shape index (κ2) is 8.32. The van der Waals surface area contributed by atoms with Gasteiger partial charge in [0.15, 0.2) is 6.10 Å². The van der Waals surface area contributed by atoms with Crippen LogP contribution in [0.1, 0.15) is 31.4 Å². The van der Waals surface area contributed by atoms with E-state index in [9.17, 15) is 4.79 Å². The molecule has 1 amide bonds. The van der Waals surface area contributed by atoms with Gasteiger partial charge in [-0.3, -0.25) is 9.78 Å². The van der Waals surface area contributed by atoms with Crippen molar-refractivity contribution in [1.82, 2.24) is 9.88 Å². The largest absolute Gasteiger partial charge is 0.390 e. The summed E-state index contributed by atoms with van der Waals surface area (Å²) in [5.41, 5.74) is 2.81. The van der Waals surface area contributed by atoms with Gasteiger partial charge in [0.2, 0.25) is 5.91 Å². The first-order chi connectivity index (χ1) is 12.5.